The Morgan fingerprint density at radius 2 is 1.32 bits per heavy atom. The van der Waals surface area contributed by atoms with E-state index in [-0.39, 0.29) is 5.50 Å². The standard InChI is InChI=1S/C17H29ClN/c1-2-3-4-5-6-7-8-9-11-14-17(18)19-15-12-10-13-16-19/h10,12-13,15-17H,2-9,11,14H2,1H3/q+1. The van der Waals surface area contributed by atoms with Crippen LogP contribution >= 0.6 is 11.6 Å². The summed E-state index contributed by atoms with van der Waals surface area (Å²) >= 11 is 6.37. The van der Waals surface area contributed by atoms with Crippen molar-refractivity contribution in [1.82, 2.24) is 0 Å². The molecule has 0 aromatic carbocycles. The molecule has 1 rings (SSSR count). The molecule has 0 radical (unpaired) electrons. The van der Waals surface area contributed by atoms with E-state index in [1.807, 2.05) is 30.6 Å². The van der Waals surface area contributed by atoms with Crippen molar-refractivity contribution in [3.63, 3.8) is 0 Å². The molecule has 0 amide bonds. The number of hydrogen-bond acceptors (Lipinski definition) is 0. The molecule has 2 heteroatoms. The third-order valence-electron chi connectivity index (χ3n) is 3.61. The first-order valence-corrected chi connectivity index (χ1v) is 8.38. The SMILES string of the molecule is CCCCCCCCCCCC(Cl)[n+]1ccccc1. The van der Waals surface area contributed by atoms with Crippen LogP contribution in [0.2, 0.25) is 0 Å². The predicted molar refractivity (Wildman–Crippen MR) is 83.4 cm³/mol. The smallest absolute Gasteiger partial charge is 0.188 e. The number of hydrogen-bond donors (Lipinski definition) is 0. The molecule has 0 bridgehead atoms. The first-order chi connectivity index (χ1) is 9.34. The Bertz CT molecular complexity index is 299. The van der Waals surface area contributed by atoms with Crippen molar-refractivity contribution in [3.05, 3.63) is 30.6 Å². The lowest BCUT2D eigenvalue weighted by atomic mass is 10.1. The number of halogens is 1. The normalized spacial score (nSPS) is 12.5. The zero-order valence-corrected chi connectivity index (χ0v) is 13.1. The van der Waals surface area contributed by atoms with Crippen LogP contribution < -0.4 is 4.57 Å². The average molecular weight is 283 g/mol. The first-order valence-electron chi connectivity index (χ1n) is 7.94. The fourth-order valence-electron chi connectivity index (χ4n) is 2.37. The molecule has 1 unspecified atom stereocenters. The van der Waals surface area contributed by atoms with E-state index in [0.717, 1.165) is 6.42 Å². The second-order valence-electron chi connectivity index (χ2n) is 5.37. The fraction of sp³-hybridized carbons (Fsp3) is 0.706. The Morgan fingerprint density at radius 3 is 1.89 bits per heavy atom. The molecular weight excluding hydrogens is 254 g/mol. The summed E-state index contributed by atoms with van der Waals surface area (Å²) in [7, 11) is 0. The average Bonchev–Trinajstić information content (AvgIpc) is 2.46. The topological polar surface area (TPSA) is 3.88 Å². The molecule has 19 heavy (non-hydrogen) atoms. The number of rotatable bonds is 11. The van der Waals surface area contributed by atoms with E-state index in [4.69, 9.17) is 11.6 Å². The van der Waals surface area contributed by atoms with Crippen molar-refractivity contribution < 1.29 is 4.57 Å². The van der Waals surface area contributed by atoms with E-state index in [2.05, 4.69) is 11.5 Å². The van der Waals surface area contributed by atoms with Crippen LogP contribution in [-0.4, -0.2) is 0 Å². The molecule has 0 aliphatic carbocycles. The highest BCUT2D eigenvalue weighted by Crippen LogP contribution is 2.16. The monoisotopic (exact) mass is 282 g/mol. The van der Waals surface area contributed by atoms with Crippen molar-refractivity contribution in [1.29, 1.82) is 0 Å². The van der Waals surface area contributed by atoms with Crippen LogP contribution in [0.15, 0.2) is 30.6 Å². The van der Waals surface area contributed by atoms with Gasteiger partial charge in [0.05, 0.1) is 0 Å². The summed E-state index contributed by atoms with van der Waals surface area (Å²) in [4.78, 5) is 0. The Hall–Kier alpha value is -0.560. The number of aromatic nitrogens is 1. The van der Waals surface area contributed by atoms with Crippen molar-refractivity contribution in [3.8, 4) is 0 Å². The fourth-order valence-corrected chi connectivity index (χ4v) is 2.66. The lowest BCUT2D eigenvalue weighted by Gasteiger charge is -2.05. The molecule has 0 fully saturated rings. The Balaban J connectivity index is 1.93. The van der Waals surface area contributed by atoms with E-state index >= 15 is 0 Å². The van der Waals surface area contributed by atoms with Crippen molar-refractivity contribution in [2.24, 2.45) is 0 Å². The summed E-state index contributed by atoms with van der Waals surface area (Å²) in [6.07, 6.45) is 17.5. The van der Waals surface area contributed by atoms with Gasteiger partial charge >= 0.3 is 0 Å². The van der Waals surface area contributed by atoms with Crippen molar-refractivity contribution in [2.75, 3.05) is 0 Å². The van der Waals surface area contributed by atoms with Gasteiger partial charge < -0.3 is 0 Å². The maximum absolute atomic E-state index is 6.37. The molecule has 1 aromatic rings. The molecule has 1 atom stereocenters. The second-order valence-corrected chi connectivity index (χ2v) is 5.88. The van der Waals surface area contributed by atoms with Gasteiger partial charge in [-0.25, -0.2) is 0 Å². The molecule has 1 nitrogen and oxygen atoms in total. The number of alkyl halides is 1. The molecule has 0 N–H and O–H groups in total. The highest BCUT2D eigenvalue weighted by atomic mass is 35.5. The summed E-state index contributed by atoms with van der Waals surface area (Å²) in [5.74, 6) is 0. The van der Waals surface area contributed by atoms with Gasteiger partial charge in [0.15, 0.2) is 12.4 Å². The molecule has 108 valence electrons. The molecule has 0 spiro atoms. The molecule has 0 saturated carbocycles. The molecular formula is C17H29ClN+. The van der Waals surface area contributed by atoms with Gasteiger partial charge in [-0.2, -0.15) is 4.57 Å². The third-order valence-corrected chi connectivity index (χ3v) is 4.05. The second kappa shape index (κ2) is 11.3. The summed E-state index contributed by atoms with van der Waals surface area (Å²) in [5.41, 5.74) is 0.116. The first kappa shape index (κ1) is 16.5. The third kappa shape index (κ3) is 8.26. The minimum Gasteiger partial charge on any atom is -0.188 e. The van der Waals surface area contributed by atoms with Crippen LogP contribution in [0.4, 0.5) is 0 Å². The summed E-state index contributed by atoms with van der Waals surface area (Å²) in [5, 5.41) is 0. The Morgan fingerprint density at radius 1 is 0.789 bits per heavy atom. The zero-order chi connectivity index (χ0) is 13.8. The van der Waals surface area contributed by atoms with E-state index in [0.29, 0.717) is 0 Å². The highest BCUT2D eigenvalue weighted by molar-refractivity contribution is 6.17. The van der Waals surface area contributed by atoms with Crippen molar-refractivity contribution >= 4 is 11.6 Å². The van der Waals surface area contributed by atoms with Crippen LogP contribution in [0, 0.1) is 0 Å². The summed E-state index contributed by atoms with van der Waals surface area (Å²) in [6, 6.07) is 6.09. The van der Waals surface area contributed by atoms with Gasteiger partial charge in [0.25, 0.3) is 0 Å². The summed E-state index contributed by atoms with van der Waals surface area (Å²) in [6.45, 7) is 2.27. The minimum atomic E-state index is 0.116. The van der Waals surface area contributed by atoms with Gasteiger partial charge in [-0.1, -0.05) is 64.4 Å². The number of unbranched alkanes of at least 4 members (excludes halogenated alkanes) is 8. The van der Waals surface area contributed by atoms with Gasteiger partial charge in [-0.3, -0.25) is 0 Å². The largest absolute Gasteiger partial charge is 0.232 e. The lowest BCUT2D eigenvalue weighted by Crippen LogP contribution is -2.35. The molecule has 0 saturated heterocycles. The molecule has 0 aliphatic heterocycles. The quantitative estimate of drug-likeness (QED) is 0.281. The summed E-state index contributed by atoms with van der Waals surface area (Å²) < 4.78 is 2.09. The molecule has 0 aliphatic rings. The highest BCUT2D eigenvalue weighted by Gasteiger charge is 2.12. The number of nitrogens with zero attached hydrogens (tertiary/aromatic N) is 1. The zero-order valence-electron chi connectivity index (χ0n) is 12.4. The van der Waals surface area contributed by atoms with Crippen LogP contribution in [0.5, 0.6) is 0 Å². The maximum Gasteiger partial charge on any atom is 0.232 e. The lowest BCUT2D eigenvalue weighted by molar-refractivity contribution is -0.703. The van der Waals surface area contributed by atoms with Gasteiger partial charge in [-0.15, -0.1) is 0 Å². The Labute approximate surface area is 124 Å². The van der Waals surface area contributed by atoms with Crippen LogP contribution in [0.3, 0.4) is 0 Å². The molecule has 1 aromatic heterocycles. The molecule has 1 heterocycles. The van der Waals surface area contributed by atoms with E-state index in [1.165, 1.54) is 57.8 Å². The van der Waals surface area contributed by atoms with Crippen molar-refractivity contribution in [2.45, 2.75) is 76.6 Å². The minimum absolute atomic E-state index is 0.116. The van der Waals surface area contributed by atoms with Gasteiger partial charge in [0, 0.05) is 18.6 Å². The van der Waals surface area contributed by atoms with E-state index in [1.54, 1.807) is 0 Å². The Kier molecular flexibility index (Phi) is 9.79. The van der Waals surface area contributed by atoms with Gasteiger partial charge in [0.2, 0.25) is 5.50 Å². The van der Waals surface area contributed by atoms with Gasteiger partial charge in [0.1, 0.15) is 0 Å². The number of pyridine rings is 1. The van der Waals surface area contributed by atoms with Crippen LogP contribution in [0.1, 0.15) is 76.6 Å². The predicted octanol–water partition coefficient (Wildman–Crippen LogP) is 5.63. The van der Waals surface area contributed by atoms with Crippen LogP contribution in [0.25, 0.3) is 0 Å². The maximum atomic E-state index is 6.37. The van der Waals surface area contributed by atoms with E-state index in [9.17, 15) is 0 Å². The van der Waals surface area contributed by atoms with Gasteiger partial charge in [-0.05, 0) is 18.0 Å². The van der Waals surface area contributed by atoms with Crippen LogP contribution in [-0.2, 0) is 0 Å². The van der Waals surface area contributed by atoms with E-state index < -0.39 is 0 Å².